The van der Waals surface area contributed by atoms with Gasteiger partial charge in [0.1, 0.15) is 5.75 Å². The van der Waals surface area contributed by atoms with Crippen LogP contribution in [0.4, 0.5) is 0 Å². The van der Waals surface area contributed by atoms with E-state index in [1.807, 2.05) is 19.2 Å². The Kier molecular flexibility index (Phi) is 5.06. The van der Waals surface area contributed by atoms with Crippen molar-refractivity contribution in [2.45, 2.75) is 39.2 Å². The maximum atomic E-state index is 12.6. The highest BCUT2D eigenvalue weighted by Crippen LogP contribution is 2.39. The summed E-state index contributed by atoms with van der Waals surface area (Å²) in [6.45, 7) is 2.26. The number of aliphatic carboxylic acids is 1. The summed E-state index contributed by atoms with van der Waals surface area (Å²) in [5.41, 5.74) is 0.791. The van der Waals surface area contributed by atoms with Crippen LogP contribution < -0.4 is 4.74 Å². The predicted molar refractivity (Wildman–Crippen MR) is 82.6 cm³/mol. The van der Waals surface area contributed by atoms with Crippen LogP contribution in [-0.4, -0.2) is 35.5 Å². The lowest BCUT2D eigenvalue weighted by Crippen LogP contribution is -2.38. The molecule has 1 saturated carbocycles. The number of carboxylic acid groups (broad SMARTS) is 1. The van der Waals surface area contributed by atoms with E-state index in [4.69, 9.17) is 9.84 Å². The highest BCUT2D eigenvalue weighted by atomic mass is 16.5. The maximum Gasteiger partial charge on any atom is 0.341 e. The number of ether oxygens (including phenoxy) is 1. The number of carbonyl (C=O) groups excluding carboxylic acids is 1. The van der Waals surface area contributed by atoms with E-state index in [9.17, 15) is 9.59 Å². The first kappa shape index (κ1) is 16.3. The fourth-order valence-electron chi connectivity index (χ4n) is 3.01. The molecule has 1 fully saturated rings. The molecule has 120 valence electrons. The third kappa shape index (κ3) is 4.00. The van der Waals surface area contributed by atoms with Crippen molar-refractivity contribution in [1.29, 1.82) is 0 Å². The Morgan fingerprint density at radius 3 is 2.36 bits per heavy atom. The minimum Gasteiger partial charge on any atom is -0.482 e. The van der Waals surface area contributed by atoms with Crippen LogP contribution in [0.25, 0.3) is 0 Å². The molecule has 0 atom stereocenters. The molecule has 0 aromatic heterocycles. The van der Waals surface area contributed by atoms with Gasteiger partial charge in [-0.3, -0.25) is 4.79 Å². The lowest BCUT2D eigenvalue weighted by Gasteiger charge is -2.29. The molecular formula is C17H23NO4. The SMILES string of the molecule is CN(Cc1ccc(OCC(=O)O)cc1)C(=O)C1(C)CCCC1. The number of rotatable bonds is 6. The zero-order valence-corrected chi connectivity index (χ0v) is 13.2. The van der Waals surface area contributed by atoms with E-state index in [1.165, 1.54) is 0 Å². The highest BCUT2D eigenvalue weighted by Gasteiger charge is 2.37. The minimum atomic E-state index is -1.00. The third-order valence-corrected chi connectivity index (χ3v) is 4.28. The summed E-state index contributed by atoms with van der Waals surface area (Å²) in [7, 11) is 1.83. The van der Waals surface area contributed by atoms with E-state index >= 15 is 0 Å². The number of nitrogens with zero attached hydrogens (tertiary/aromatic N) is 1. The summed E-state index contributed by atoms with van der Waals surface area (Å²) >= 11 is 0. The molecule has 0 radical (unpaired) electrons. The second-order valence-electron chi connectivity index (χ2n) is 6.26. The molecule has 5 nitrogen and oxygen atoms in total. The summed E-state index contributed by atoms with van der Waals surface area (Å²) in [5, 5.41) is 8.57. The van der Waals surface area contributed by atoms with Crippen LogP contribution in [0.3, 0.4) is 0 Å². The summed E-state index contributed by atoms with van der Waals surface area (Å²) in [5.74, 6) is -0.279. The average molecular weight is 305 g/mol. The average Bonchev–Trinajstić information content (AvgIpc) is 2.93. The Balaban J connectivity index is 1.92. The van der Waals surface area contributed by atoms with E-state index < -0.39 is 5.97 Å². The quantitative estimate of drug-likeness (QED) is 0.877. The van der Waals surface area contributed by atoms with Gasteiger partial charge >= 0.3 is 5.97 Å². The minimum absolute atomic E-state index is 0.205. The van der Waals surface area contributed by atoms with E-state index in [-0.39, 0.29) is 17.9 Å². The molecule has 5 heteroatoms. The third-order valence-electron chi connectivity index (χ3n) is 4.28. The van der Waals surface area contributed by atoms with Gasteiger partial charge in [-0.25, -0.2) is 4.79 Å². The highest BCUT2D eigenvalue weighted by molar-refractivity contribution is 5.82. The molecule has 1 aromatic carbocycles. The van der Waals surface area contributed by atoms with Crippen molar-refractivity contribution in [3.05, 3.63) is 29.8 Å². The predicted octanol–water partition coefficient (Wildman–Crippen LogP) is 2.69. The van der Waals surface area contributed by atoms with Gasteiger partial charge in [0, 0.05) is 19.0 Å². The molecule has 1 amide bonds. The molecule has 0 saturated heterocycles. The van der Waals surface area contributed by atoms with Crippen molar-refractivity contribution >= 4 is 11.9 Å². The van der Waals surface area contributed by atoms with E-state index in [2.05, 4.69) is 6.92 Å². The molecule has 1 N–H and O–H groups in total. The molecule has 0 heterocycles. The maximum absolute atomic E-state index is 12.6. The molecule has 22 heavy (non-hydrogen) atoms. The topological polar surface area (TPSA) is 66.8 Å². The Morgan fingerprint density at radius 1 is 1.23 bits per heavy atom. The van der Waals surface area contributed by atoms with Crippen molar-refractivity contribution in [2.75, 3.05) is 13.7 Å². The van der Waals surface area contributed by atoms with Gasteiger partial charge in [0.2, 0.25) is 5.91 Å². The standard InChI is InChI=1S/C17H23NO4/c1-17(9-3-4-10-17)16(21)18(2)11-13-5-7-14(8-6-13)22-12-15(19)20/h5-8H,3-4,9-12H2,1-2H3,(H,19,20). The zero-order chi connectivity index (χ0) is 16.2. The van der Waals surface area contributed by atoms with Gasteiger partial charge in [-0.05, 0) is 30.5 Å². The Labute approximate surface area is 130 Å². The van der Waals surface area contributed by atoms with Crippen LogP contribution in [0.1, 0.15) is 38.2 Å². The van der Waals surface area contributed by atoms with Gasteiger partial charge in [0.15, 0.2) is 6.61 Å². The molecule has 2 rings (SSSR count). The summed E-state index contributed by atoms with van der Waals surface area (Å²) in [4.78, 5) is 24.8. The molecule has 1 aliphatic rings. The van der Waals surface area contributed by atoms with Gasteiger partial charge in [-0.2, -0.15) is 0 Å². The Hall–Kier alpha value is -2.04. The van der Waals surface area contributed by atoms with Crippen LogP contribution >= 0.6 is 0 Å². The summed E-state index contributed by atoms with van der Waals surface area (Å²) in [6, 6.07) is 7.18. The fraction of sp³-hybridized carbons (Fsp3) is 0.529. The van der Waals surface area contributed by atoms with Crippen LogP contribution in [-0.2, 0) is 16.1 Å². The van der Waals surface area contributed by atoms with Crippen LogP contribution in [0.5, 0.6) is 5.75 Å². The van der Waals surface area contributed by atoms with Gasteiger partial charge < -0.3 is 14.7 Å². The van der Waals surface area contributed by atoms with Gasteiger partial charge in [-0.15, -0.1) is 0 Å². The summed E-state index contributed by atoms with van der Waals surface area (Å²) in [6.07, 6.45) is 4.20. The second kappa shape index (κ2) is 6.81. The first-order valence-electron chi connectivity index (χ1n) is 7.60. The molecule has 0 spiro atoms. The number of carboxylic acids is 1. The Morgan fingerprint density at radius 2 is 1.82 bits per heavy atom. The van der Waals surface area contributed by atoms with Crippen LogP contribution in [0.15, 0.2) is 24.3 Å². The first-order chi connectivity index (χ1) is 10.4. The monoisotopic (exact) mass is 305 g/mol. The van der Waals surface area contributed by atoms with Crippen molar-refractivity contribution < 1.29 is 19.4 Å². The molecule has 1 aromatic rings. The number of benzene rings is 1. The van der Waals surface area contributed by atoms with E-state index in [1.54, 1.807) is 17.0 Å². The van der Waals surface area contributed by atoms with Gasteiger partial charge in [0.25, 0.3) is 0 Å². The smallest absolute Gasteiger partial charge is 0.341 e. The number of hydrogen-bond donors (Lipinski definition) is 1. The molecule has 0 unspecified atom stereocenters. The van der Waals surface area contributed by atoms with Crippen LogP contribution in [0, 0.1) is 5.41 Å². The Bertz CT molecular complexity index is 532. The van der Waals surface area contributed by atoms with E-state index in [0.717, 1.165) is 31.2 Å². The van der Waals surface area contributed by atoms with Gasteiger partial charge in [0.05, 0.1) is 0 Å². The second-order valence-corrected chi connectivity index (χ2v) is 6.26. The molecule has 1 aliphatic carbocycles. The fourth-order valence-corrected chi connectivity index (χ4v) is 3.01. The van der Waals surface area contributed by atoms with E-state index in [0.29, 0.717) is 12.3 Å². The number of hydrogen-bond acceptors (Lipinski definition) is 3. The molecular weight excluding hydrogens is 282 g/mol. The van der Waals surface area contributed by atoms with Crippen molar-refractivity contribution in [2.24, 2.45) is 5.41 Å². The number of amides is 1. The van der Waals surface area contributed by atoms with Crippen molar-refractivity contribution in [3.8, 4) is 5.75 Å². The van der Waals surface area contributed by atoms with Gasteiger partial charge in [-0.1, -0.05) is 31.9 Å². The largest absolute Gasteiger partial charge is 0.482 e. The first-order valence-corrected chi connectivity index (χ1v) is 7.60. The number of carbonyl (C=O) groups is 2. The summed E-state index contributed by atoms with van der Waals surface area (Å²) < 4.78 is 5.09. The van der Waals surface area contributed by atoms with Crippen LogP contribution in [0.2, 0.25) is 0 Å². The lowest BCUT2D eigenvalue weighted by atomic mass is 9.87. The normalized spacial score (nSPS) is 16.3. The molecule has 0 bridgehead atoms. The lowest BCUT2D eigenvalue weighted by molar-refractivity contribution is -0.140. The van der Waals surface area contributed by atoms with Crippen molar-refractivity contribution in [1.82, 2.24) is 4.90 Å². The zero-order valence-electron chi connectivity index (χ0n) is 13.2. The van der Waals surface area contributed by atoms with Crippen molar-refractivity contribution in [3.63, 3.8) is 0 Å². The molecule has 0 aliphatic heterocycles.